The first-order valence-corrected chi connectivity index (χ1v) is 8.60. The molecule has 0 radical (unpaired) electrons. The molecule has 1 aliphatic carbocycles. The van der Waals surface area contributed by atoms with Gasteiger partial charge in [-0.15, -0.1) is 0 Å². The van der Waals surface area contributed by atoms with Crippen molar-refractivity contribution >= 4 is 39.1 Å². The molecule has 124 valence electrons. The van der Waals surface area contributed by atoms with Gasteiger partial charge in [0.1, 0.15) is 0 Å². The number of carbonyl (C=O) groups is 2. The minimum Gasteiger partial charge on any atom is -0.376 e. The van der Waals surface area contributed by atoms with Gasteiger partial charge in [-0.2, -0.15) is 0 Å². The molecule has 2 aromatic rings. The molecule has 0 aromatic heterocycles. The summed E-state index contributed by atoms with van der Waals surface area (Å²) >= 11 is 3.37. The minimum absolute atomic E-state index is 0.125. The van der Waals surface area contributed by atoms with Crippen molar-refractivity contribution < 1.29 is 9.59 Å². The average molecular weight is 388 g/mol. The number of hydrogen-bond donors (Lipinski definition) is 3. The van der Waals surface area contributed by atoms with Crippen LogP contribution in [0, 0.1) is 0 Å². The third-order valence-electron chi connectivity index (χ3n) is 3.66. The maximum absolute atomic E-state index is 12.2. The Kier molecular flexibility index (Phi) is 5.15. The summed E-state index contributed by atoms with van der Waals surface area (Å²) in [4.78, 5) is 24.4. The molecule has 1 fully saturated rings. The number of nitrogens with one attached hydrogen (secondary N) is 3. The van der Waals surface area contributed by atoms with Gasteiger partial charge in [-0.05, 0) is 49.2 Å². The summed E-state index contributed by atoms with van der Waals surface area (Å²) in [5.74, 6) is -0.348. The van der Waals surface area contributed by atoms with Crippen LogP contribution in [0.3, 0.4) is 0 Å². The van der Waals surface area contributed by atoms with E-state index in [1.807, 2.05) is 24.3 Å². The van der Waals surface area contributed by atoms with E-state index >= 15 is 0 Å². The van der Waals surface area contributed by atoms with Crippen LogP contribution in [0.1, 0.15) is 23.2 Å². The lowest BCUT2D eigenvalue weighted by atomic mass is 10.1. The first kappa shape index (κ1) is 16.5. The third kappa shape index (κ3) is 4.58. The monoisotopic (exact) mass is 387 g/mol. The molecule has 0 spiro atoms. The standard InChI is InChI=1S/C18H18BrN3O2/c19-12-5-7-13(8-6-12)20-11-17(23)22-16-4-2-1-3-15(16)18(24)21-14-9-10-14/h1-8,14,20H,9-11H2,(H,21,24)(H,22,23). The normalized spacial score (nSPS) is 13.2. The van der Waals surface area contributed by atoms with Crippen LogP contribution in [0.25, 0.3) is 0 Å². The Bertz CT molecular complexity index is 742. The summed E-state index contributed by atoms with van der Waals surface area (Å²) in [5.41, 5.74) is 1.87. The van der Waals surface area contributed by atoms with E-state index in [4.69, 9.17) is 0 Å². The van der Waals surface area contributed by atoms with E-state index < -0.39 is 0 Å². The SMILES string of the molecule is O=C(CNc1ccc(Br)cc1)Nc1ccccc1C(=O)NC1CC1. The second-order valence-corrected chi connectivity index (χ2v) is 6.62. The van der Waals surface area contributed by atoms with Gasteiger partial charge in [-0.1, -0.05) is 28.1 Å². The van der Waals surface area contributed by atoms with E-state index in [1.165, 1.54) is 0 Å². The number of benzene rings is 2. The van der Waals surface area contributed by atoms with Crippen molar-refractivity contribution in [1.82, 2.24) is 5.32 Å². The highest BCUT2D eigenvalue weighted by molar-refractivity contribution is 9.10. The van der Waals surface area contributed by atoms with Crippen LogP contribution in [-0.2, 0) is 4.79 Å². The topological polar surface area (TPSA) is 70.2 Å². The fraction of sp³-hybridized carbons (Fsp3) is 0.222. The van der Waals surface area contributed by atoms with Gasteiger partial charge in [-0.3, -0.25) is 9.59 Å². The molecule has 1 saturated carbocycles. The minimum atomic E-state index is -0.204. The molecule has 0 unspecified atom stereocenters. The van der Waals surface area contributed by atoms with Gasteiger partial charge in [0.2, 0.25) is 5.91 Å². The van der Waals surface area contributed by atoms with Gasteiger partial charge in [-0.25, -0.2) is 0 Å². The molecule has 5 nitrogen and oxygen atoms in total. The molecule has 0 heterocycles. The number of amides is 2. The second kappa shape index (κ2) is 7.49. The molecule has 0 saturated heterocycles. The number of anilines is 2. The van der Waals surface area contributed by atoms with Gasteiger partial charge in [0.15, 0.2) is 0 Å². The zero-order chi connectivity index (χ0) is 16.9. The predicted molar refractivity (Wildman–Crippen MR) is 98.2 cm³/mol. The quantitative estimate of drug-likeness (QED) is 0.711. The summed E-state index contributed by atoms with van der Waals surface area (Å²) in [7, 11) is 0. The molecular formula is C18H18BrN3O2. The number of halogens is 1. The van der Waals surface area contributed by atoms with E-state index in [0.717, 1.165) is 23.0 Å². The van der Waals surface area contributed by atoms with E-state index in [0.29, 0.717) is 11.3 Å². The molecule has 0 bridgehead atoms. The molecule has 24 heavy (non-hydrogen) atoms. The number of carbonyl (C=O) groups excluding carboxylic acids is 2. The van der Waals surface area contributed by atoms with Gasteiger partial charge < -0.3 is 16.0 Å². The van der Waals surface area contributed by atoms with Crippen molar-refractivity contribution in [3.63, 3.8) is 0 Å². The van der Waals surface area contributed by atoms with E-state index in [1.54, 1.807) is 24.3 Å². The molecule has 3 N–H and O–H groups in total. The maximum Gasteiger partial charge on any atom is 0.253 e. The van der Waals surface area contributed by atoms with Crippen molar-refractivity contribution in [2.45, 2.75) is 18.9 Å². The first-order chi connectivity index (χ1) is 11.6. The zero-order valence-corrected chi connectivity index (χ0v) is 14.6. The molecule has 0 atom stereocenters. The second-order valence-electron chi connectivity index (χ2n) is 5.70. The van der Waals surface area contributed by atoms with Crippen LogP contribution < -0.4 is 16.0 Å². The van der Waals surface area contributed by atoms with Gasteiger partial charge in [0.25, 0.3) is 5.91 Å². The third-order valence-corrected chi connectivity index (χ3v) is 4.18. The highest BCUT2D eigenvalue weighted by Gasteiger charge is 2.24. The van der Waals surface area contributed by atoms with Crippen LogP contribution in [0.5, 0.6) is 0 Å². The van der Waals surface area contributed by atoms with E-state index in [9.17, 15) is 9.59 Å². The summed E-state index contributed by atoms with van der Waals surface area (Å²) in [6.45, 7) is 0.125. The van der Waals surface area contributed by atoms with Crippen molar-refractivity contribution in [3.8, 4) is 0 Å². The smallest absolute Gasteiger partial charge is 0.253 e. The Labute approximate surface area is 149 Å². The fourth-order valence-corrected chi connectivity index (χ4v) is 2.49. The van der Waals surface area contributed by atoms with Crippen molar-refractivity contribution in [2.75, 3.05) is 17.2 Å². The summed E-state index contributed by atoms with van der Waals surface area (Å²) in [6, 6.07) is 14.9. The molecule has 1 aliphatic rings. The fourth-order valence-electron chi connectivity index (χ4n) is 2.23. The molecule has 0 aliphatic heterocycles. The Morgan fingerprint density at radius 2 is 1.75 bits per heavy atom. The highest BCUT2D eigenvalue weighted by Crippen LogP contribution is 2.21. The van der Waals surface area contributed by atoms with Crippen LogP contribution in [0.2, 0.25) is 0 Å². The van der Waals surface area contributed by atoms with Crippen LogP contribution >= 0.6 is 15.9 Å². The first-order valence-electron chi connectivity index (χ1n) is 7.81. The molecule has 6 heteroatoms. The maximum atomic E-state index is 12.2. The number of rotatable bonds is 6. The predicted octanol–water partition coefficient (Wildman–Crippen LogP) is 3.39. The summed E-state index contributed by atoms with van der Waals surface area (Å²) in [6.07, 6.45) is 2.05. The number of para-hydroxylation sites is 1. The Morgan fingerprint density at radius 1 is 1.04 bits per heavy atom. The lowest BCUT2D eigenvalue weighted by Gasteiger charge is -2.12. The van der Waals surface area contributed by atoms with Crippen molar-refractivity contribution in [2.24, 2.45) is 0 Å². The van der Waals surface area contributed by atoms with Gasteiger partial charge in [0.05, 0.1) is 17.8 Å². The van der Waals surface area contributed by atoms with Crippen molar-refractivity contribution in [1.29, 1.82) is 0 Å². The summed E-state index contributed by atoms with van der Waals surface area (Å²) < 4.78 is 0.980. The van der Waals surface area contributed by atoms with Crippen LogP contribution in [0.4, 0.5) is 11.4 Å². The average Bonchev–Trinajstić information content (AvgIpc) is 3.39. The molecule has 3 rings (SSSR count). The Morgan fingerprint density at radius 3 is 2.46 bits per heavy atom. The van der Waals surface area contributed by atoms with E-state index in [2.05, 4.69) is 31.9 Å². The molecular weight excluding hydrogens is 370 g/mol. The largest absolute Gasteiger partial charge is 0.376 e. The molecule has 2 amide bonds. The van der Waals surface area contributed by atoms with Crippen LogP contribution in [0.15, 0.2) is 53.0 Å². The lowest BCUT2D eigenvalue weighted by Crippen LogP contribution is -2.28. The van der Waals surface area contributed by atoms with Crippen LogP contribution in [-0.4, -0.2) is 24.4 Å². The van der Waals surface area contributed by atoms with E-state index in [-0.39, 0.29) is 24.4 Å². The zero-order valence-electron chi connectivity index (χ0n) is 13.0. The summed E-state index contributed by atoms with van der Waals surface area (Å²) in [5, 5.41) is 8.78. The Balaban J connectivity index is 1.59. The Hall–Kier alpha value is -2.34. The lowest BCUT2D eigenvalue weighted by molar-refractivity contribution is -0.114. The molecule has 2 aromatic carbocycles. The highest BCUT2D eigenvalue weighted by atomic mass is 79.9. The van der Waals surface area contributed by atoms with Gasteiger partial charge in [0, 0.05) is 16.2 Å². The van der Waals surface area contributed by atoms with Gasteiger partial charge >= 0.3 is 0 Å². The number of hydrogen-bond acceptors (Lipinski definition) is 3. The van der Waals surface area contributed by atoms with Crippen molar-refractivity contribution in [3.05, 3.63) is 58.6 Å².